The van der Waals surface area contributed by atoms with E-state index in [0.717, 1.165) is 59.8 Å². The maximum Gasteiger partial charge on any atom is 0.163 e. The highest BCUT2D eigenvalue weighted by Crippen LogP contribution is 2.31. The molecule has 2 N–H and O–H groups in total. The second kappa shape index (κ2) is 6.68. The highest BCUT2D eigenvalue weighted by molar-refractivity contribution is 5.89. The van der Waals surface area contributed by atoms with Crippen LogP contribution in [0.3, 0.4) is 0 Å². The highest BCUT2D eigenvalue weighted by Gasteiger charge is 2.20. The minimum atomic E-state index is 0.384. The Morgan fingerprint density at radius 3 is 2.88 bits per heavy atom. The summed E-state index contributed by atoms with van der Waals surface area (Å²) in [5.74, 6) is 1.53. The molecule has 0 amide bonds. The average molecular weight is 338 g/mol. The summed E-state index contributed by atoms with van der Waals surface area (Å²) in [6.07, 6.45) is 5.57. The third-order valence-electron chi connectivity index (χ3n) is 4.65. The number of nitrogens with zero attached hydrogens (tertiary/aromatic N) is 4. The highest BCUT2D eigenvalue weighted by atomic mass is 16.5. The van der Waals surface area contributed by atoms with E-state index in [1.165, 1.54) is 0 Å². The van der Waals surface area contributed by atoms with Gasteiger partial charge in [-0.1, -0.05) is 6.07 Å². The second-order valence-electron chi connectivity index (χ2n) is 6.36. The fourth-order valence-corrected chi connectivity index (χ4v) is 3.33. The lowest BCUT2D eigenvalue weighted by molar-refractivity contribution is 0.349. The average Bonchev–Trinajstić information content (AvgIpc) is 3.08. The molecule has 25 heavy (non-hydrogen) atoms. The normalized spacial score (nSPS) is 15.4. The van der Waals surface area contributed by atoms with Crippen LogP contribution in [-0.4, -0.2) is 39.9 Å². The molecule has 7 nitrogen and oxygen atoms in total. The molecule has 130 valence electrons. The number of aryl methyl sites for hydroxylation is 1. The van der Waals surface area contributed by atoms with Crippen molar-refractivity contribution in [3.63, 3.8) is 0 Å². The predicted molar refractivity (Wildman–Crippen MR) is 97.5 cm³/mol. The quantitative estimate of drug-likeness (QED) is 0.762. The number of aromatic nitrogens is 4. The van der Waals surface area contributed by atoms with Crippen molar-refractivity contribution < 1.29 is 4.74 Å². The lowest BCUT2D eigenvalue weighted by Gasteiger charge is -2.23. The summed E-state index contributed by atoms with van der Waals surface area (Å²) in [5.41, 5.74) is 2.91. The van der Waals surface area contributed by atoms with Crippen LogP contribution in [0.25, 0.3) is 11.0 Å². The summed E-state index contributed by atoms with van der Waals surface area (Å²) >= 11 is 0. The molecule has 1 saturated heterocycles. The Labute approximate surface area is 146 Å². The largest absolute Gasteiger partial charge is 0.495 e. The number of piperidine rings is 1. The molecule has 0 atom stereocenters. The van der Waals surface area contributed by atoms with Gasteiger partial charge in [0.2, 0.25) is 0 Å². The van der Waals surface area contributed by atoms with E-state index in [1.54, 1.807) is 13.4 Å². The van der Waals surface area contributed by atoms with Crippen LogP contribution in [0.15, 0.2) is 30.7 Å². The van der Waals surface area contributed by atoms with Crippen molar-refractivity contribution in [2.45, 2.75) is 25.8 Å². The third-order valence-corrected chi connectivity index (χ3v) is 4.65. The predicted octanol–water partition coefficient (Wildman–Crippen LogP) is 2.81. The first-order valence-corrected chi connectivity index (χ1v) is 8.57. The number of fused-ring (bicyclic) bond motifs is 1. The van der Waals surface area contributed by atoms with Gasteiger partial charge in [-0.15, -0.1) is 0 Å². The Morgan fingerprint density at radius 2 is 2.08 bits per heavy atom. The molecule has 3 aromatic rings. The second-order valence-corrected chi connectivity index (χ2v) is 6.36. The number of methoxy groups -OCH3 is 1. The number of benzene rings is 1. The van der Waals surface area contributed by atoms with E-state index < -0.39 is 0 Å². The van der Waals surface area contributed by atoms with Gasteiger partial charge in [0.15, 0.2) is 5.65 Å². The van der Waals surface area contributed by atoms with Crippen molar-refractivity contribution in [2.75, 3.05) is 25.5 Å². The van der Waals surface area contributed by atoms with E-state index in [-0.39, 0.29) is 0 Å². The first-order valence-electron chi connectivity index (χ1n) is 8.57. The lowest BCUT2D eigenvalue weighted by atomic mass is 10.1. The van der Waals surface area contributed by atoms with Gasteiger partial charge in [0.05, 0.1) is 30.4 Å². The molecule has 1 aromatic carbocycles. The number of anilines is 2. The summed E-state index contributed by atoms with van der Waals surface area (Å²) in [7, 11) is 1.67. The molecule has 0 radical (unpaired) electrons. The molecule has 0 bridgehead atoms. The van der Waals surface area contributed by atoms with E-state index >= 15 is 0 Å². The zero-order chi connectivity index (χ0) is 17.2. The van der Waals surface area contributed by atoms with Crippen LogP contribution in [0.2, 0.25) is 0 Å². The first-order chi connectivity index (χ1) is 12.3. The molecule has 0 saturated carbocycles. The van der Waals surface area contributed by atoms with E-state index in [2.05, 4.69) is 32.6 Å². The van der Waals surface area contributed by atoms with Crippen molar-refractivity contribution in [1.82, 2.24) is 25.1 Å². The van der Waals surface area contributed by atoms with Crippen molar-refractivity contribution in [3.8, 4) is 5.75 Å². The lowest BCUT2D eigenvalue weighted by Crippen LogP contribution is -2.29. The van der Waals surface area contributed by atoms with Crippen LogP contribution in [0.5, 0.6) is 5.75 Å². The molecule has 1 aliphatic heterocycles. The molecule has 0 spiro atoms. The molecule has 3 heterocycles. The van der Waals surface area contributed by atoms with Crippen LogP contribution in [0, 0.1) is 6.92 Å². The molecule has 4 rings (SSSR count). The van der Waals surface area contributed by atoms with Crippen molar-refractivity contribution in [3.05, 3.63) is 36.3 Å². The van der Waals surface area contributed by atoms with Gasteiger partial charge in [0.1, 0.15) is 17.9 Å². The van der Waals surface area contributed by atoms with Crippen LogP contribution < -0.4 is 15.4 Å². The minimum Gasteiger partial charge on any atom is -0.495 e. The summed E-state index contributed by atoms with van der Waals surface area (Å²) in [4.78, 5) is 8.90. The van der Waals surface area contributed by atoms with Gasteiger partial charge in [0, 0.05) is 0 Å². The van der Waals surface area contributed by atoms with Crippen LogP contribution in [0.4, 0.5) is 11.5 Å². The molecule has 1 fully saturated rings. The van der Waals surface area contributed by atoms with Crippen molar-refractivity contribution >= 4 is 22.5 Å². The van der Waals surface area contributed by atoms with Gasteiger partial charge in [-0.2, -0.15) is 5.10 Å². The summed E-state index contributed by atoms with van der Waals surface area (Å²) in [5, 5.41) is 12.3. The van der Waals surface area contributed by atoms with Gasteiger partial charge in [-0.25, -0.2) is 14.6 Å². The Hall–Kier alpha value is -2.67. The first kappa shape index (κ1) is 15.8. The smallest absolute Gasteiger partial charge is 0.163 e. The zero-order valence-corrected chi connectivity index (χ0v) is 14.5. The van der Waals surface area contributed by atoms with Gasteiger partial charge >= 0.3 is 0 Å². The number of hydrogen-bond acceptors (Lipinski definition) is 6. The zero-order valence-electron chi connectivity index (χ0n) is 14.5. The van der Waals surface area contributed by atoms with Crippen molar-refractivity contribution in [1.29, 1.82) is 0 Å². The number of ether oxygens (including phenoxy) is 1. The number of hydrogen-bond donors (Lipinski definition) is 2. The van der Waals surface area contributed by atoms with E-state index in [1.807, 2.05) is 29.1 Å². The Morgan fingerprint density at radius 1 is 1.24 bits per heavy atom. The molecular formula is C18H22N6O. The third kappa shape index (κ3) is 3.02. The maximum absolute atomic E-state index is 5.45. The standard InChI is InChI=1S/C18H22N6O/c1-12-3-4-16(25-2)15(9-12)23-17-14-10-22-24(18(14)21-11-20-17)13-5-7-19-8-6-13/h3-4,9-11,13,19H,5-8H2,1-2H3,(H,20,21,23). The molecule has 2 aromatic heterocycles. The van der Waals surface area contributed by atoms with Crippen LogP contribution >= 0.6 is 0 Å². The maximum atomic E-state index is 5.45. The number of nitrogens with one attached hydrogen (secondary N) is 2. The summed E-state index contributed by atoms with van der Waals surface area (Å²) < 4.78 is 7.49. The number of rotatable bonds is 4. The Balaban J connectivity index is 1.71. The van der Waals surface area contributed by atoms with Crippen LogP contribution in [0.1, 0.15) is 24.4 Å². The minimum absolute atomic E-state index is 0.384. The molecule has 0 unspecified atom stereocenters. The van der Waals surface area contributed by atoms with Gasteiger partial charge < -0.3 is 15.4 Å². The van der Waals surface area contributed by atoms with E-state index in [4.69, 9.17) is 4.74 Å². The fourth-order valence-electron chi connectivity index (χ4n) is 3.33. The Bertz CT molecular complexity index is 884. The molecule has 7 heteroatoms. The topological polar surface area (TPSA) is 76.9 Å². The van der Waals surface area contributed by atoms with Gasteiger partial charge in [-0.3, -0.25) is 0 Å². The molecular weight excluding hydrogens is 316 g/mol. The fraction of sp³-hybridized carbons (Fsp3) is 0.389. The van der Waals surface area contributed by atoms with Crippen LogP contribution in [-0.2, 0) is 0 Å². The van der Waals surface area contributed by atoms with Gasteiger partial charge in [0.25, 0.3) is 0 Å². The van der Waals surface area contributed by atoms with E-state index in [9.17, 15) is 0 Å². The summed E-state index contributed by atoms with van der Waals surface area (Å²) in [6.45, 7) is 4.08. The van der Waals surface area contributed by atoms with Gasteiger partial charge in [-0.05, 0) is 50.6 Å². The molecule has 1 aliphatic rings. The summed E-state index contributed by atoms with van der Waals surface area (Å²) in [6, 6.07) is 6.41. The SMILES string of the molecule is COc1ccc(C)cc1Nc1ncnc2c1cnn2C1CCNCC1. The Kier molecular flexibility index (Phi) is 4.23. The van der Waals surface area contributed by atoms with Crippen molar-refractivity contribution in [2.24, 2.45) is 0 Å². The monoisotopic (exact) mass is 338 g/mol. The van der Waals surface area contributed by atoms with E-state index in [0.29, 0.717) is 6.04 Å². The molecule has 0 aliphatic carbocycles.